The maximum absolute atomic E-state index is 13.6. The Morgan fingerprint density at radius 2 is 1.12 bits per heavy atom. The third-order valence-electron chi connectivity index (χ3n) is 6.68. The van der Waals surface area contributed by atoms with Crippen molar-refractivity contribution in [2.45, 2.75) is 19.3 Å². The van der Waals surface area contributed by atoms with Gasteiger partial charge in [-0.1, -0.05) is 24.3 Å². The molecule has 252 valence electrons. The lowest BCUT2D eigenvalue weighted by molar-refractivity contribution is -0.137. The van der Waals surface area contributed by atoms with Crippen LogP contribution in [0.25, 0.3) is 22.3 Å². The first-order valence-electron chi connectivity index (χ1n) is 13.7. The van der Waals surface area contributed by atoms with Gasteiger partial charge in [0.15, 0.2) is 0 Å². The zero-order valence-electron chi connectivity index (χ0n) is 25.7. The van der Waals surface area contributed by atoms with Gasteiger partial charge in [-0.25, -0.2) is 9.59 Å². The van der Waals surface area contributed by atoms with E-state index in [0.717, 1.165) is 33.3 Å². The van der Waals surface area contributed by atoms with E-state index in [4.69, 9.17) is 16.3 Å². The van der Waals surface area contributed by atoms with Crippen molar-refractivity contribution in [2.24, 2.45) is 0 Å². The number of nitriles is 2. The van der Waals surface area contributed by atoms with Crippen LogP contribution in [-0.4, -0.2) is 32.1 Å². The van der Waals surface area contributed by atoms with E-state index in [0.29, 0.717) is 12.1 Å². The zero-order valence-corrected chi connectivity index (χ0v) is 25.7. The van der Waals surface area contributed by atoms with Crippen molar-refractivity contribution in [1.82, 2.24) is 0 Å². The standard InChI is InChI=1S/C18H13F3N2O3.C16H11F3N2O2/c1-10(24)23-16-8-15(18(19,20)21)13(7-14(16)17(25)26-2)12-5-3-4-11(6-12)9-22;1-23-15(22)12-6-11(10-4-2-3-9(5-10)8-20)13(7-14(12)21)16(17,18)19/h3-8H,1-2H3,(H,23,24);2-7H,21H2,1H3. The molecule has 0 aliphatic rings. The summed E-state index contributed by atoms with van der Waals surface area (Å²) in [6, 6.07) is 18.3. The number of nitrogens with zero attached hydrogens (tertiary/aromatic N) is 2. The first-order valence-corrected chi connectivity index (χ1v) is 13.7. The molecule has 15 heteroatoms. The van der Waals surface area contributed by atoms with E-state index in [-0.39, 0.29) is 55.9 Å². The molecule has 0 heterocycles. The van der Waals surface area contributed by atoms with E-state index in [1.54, 1.807) is 0 Å². The number of methoxy groups -OCH3 is 2. The molecule has 4 aromatic rings. The van der Waals surface area contributed by atoms with Gasteiger partial charge in [0.2, 0.25) is 5.91 Å². The van der Waals surface area contributed by atoms with Gasteiger partial charge in [-0.3, -0.25) is 4.79 Å². The van der Waals surface area contributed by atoms with E-state index < -0.39 is 41.3 Å². The molecule has 3 N–H and O–H groups in total. The molecule has 9 nitrogen and oxygen atoms in total. The van der Waals surface area contributed by atoms with Crippen LogP contribution in [0.15, 0.2) is 72.8 Å². The Kier molecular flexibility index (Phi) is 11.4. The molecule has 0 atom stereocenters. The van der Waals surface area contributed by atoms with Crippen molar-refractivity contribution in [3.8, 4) is 34.4 Å². The molecule has 0 radical (unpaired) electrons. The van der Waals surface area contributed by atoms with Crippen LogP contribution in [-0.2, 0) is 26.6 Å². The monoisotopic (exact) mass is 682 g/mol. The van der Waals surface area contributed by atoms with Gasteiger partial charge in [0.1, 0.15) is 0 Å². The van der Waals surface area contributed by atoms with Gasteiger partial charge in [-0.2, -0.15) is 36.9 Å². The molecule has 0 aliphatic carbocycles. The molecule has 0 saturated carbocycles. The number of carbonyl (C=O) groups is 3. The van der Waals surface area contributed by atoms with Crippen molar-refractivity contribution < 1.29 is 50.2 Å². The number of hydrogen-bond acceptors (Lipinski definition) is 8. The predicted octanol–water partition coefficient (Wildman–Crippen LogP) is 7.60. The second-order valence-electron chi connectivity index (χ2n) is 9.97. The van der Waals surface area contributed by atoms with Crippen LogP contribution in [0.1, 0.15) is 49.9 Å². The Bertz CT molecular complexity index is 2010. The van der Waals surface area contributed by atoms with Crippen LogP contribution >= 0.6 is 0 Å². The minimum Gasteiger partial charge on any atom is -0.465 e. The van der Waals surface area contributed by atoms with Crippen LogP contribution in [0, 0.1) is 22.7 Å². The molecule has 0 aromatic heterocycles. The molecule has 49 heavy (non-hydrogen) atoms. The van der Waals surface area contributed by atoms with Crippen molar-refractivity contribution in [3.63, 3.8) is 0 Å². The van der Waals surface area contributed by atoms with Crippen molar-refractivity contribution in [3.05, 3.63) is 106 Å². The van der Waals surface area contributed by atoms with Gasteiger partial charge in [0, 0.05) is 12.6 Å². The quantitative estimate of drug-likeness (QED) is 0.124. The highest BCUT2D eigenvalue weighted by Gasteiger charge is 2.36. The van der Waals surface area contributed by atoms with Crippen LogP contribution in [0.3, 0.4) is 0 Å². The first-order chi connectivity index (χ1) is 22.9. The largest absolute Gasteiger partial charge is 0.465 e. The van der Waals surface area contributed by atoms with Gasteiger partial charge >= 0.3 is 24.3 Å². The van der Waals surface area contributed by atoms with Gasteiger partial charge in [-0.05, 0) is 70.8 Å². The van der Waals surface area contributed by atoms with Gasteiger partial charge in [-0.15, -0.1) is 0 Å². The van der Waals surface area contributed by atoms with Gasteiger partial charge < -0.3 is 20.5 Å². The normalized spacial score (nSPS) is 10.8. The zero-order chi connectivity index (χ0) is 36.7. The lowest BCUT2D eigenvalue weighted by Gasteiger charge is -2.18. The number of nitrogen functional groups attached to an aromatic ring is 1. The van der Waals surface area contributed by atoms with Crippen molar-refractivity contribution in [1.29, 1.82) is 10.5 Å². The van der Waals surface area contributed by atoms with Gasteiger partial charge in [0.25, 0.3) is 0 Å². The number of benzene rings is 4. The van der Waals surface area contributed by atoms with E-state index in [2.05, 4.69) is 14.8 Å². The maximum atomic E-state index is 13.6. The van der Waals surface area contributed by atoms with E-state index in [1.165, 1.54) is 48.5 Å². The second kappa shape index (κ2) is 15.0. The molecule has 4 rings (SSSR count). The molecule has 0 aliphatic heterocycles. The number of rotatable bonds is 5. The van der Waals surface area contributed by atoms with Gasteiger partial charge in [0.05, 0.1) is 65.4 Å². The Morgan fingerprint density at radius 3 is 1.53 bits per heavy atom. The molecular weight excluding hydrogens is 658 g/mol. The Balaban J connectivity index is 0.000000267. The summed E-state index contributed by atoms with van der Waals surface area (Å²) < 4.78 is 89.6. The summed E-state index contributed by atoms with van der Waals surface area (Å²) in [7, 11) is 2.18. The number of alkyl halides is 6. The highest BCUT2D eigenvalue weighted by atomic mass is 19.4. The number of amides is 1. The van der Waals surface area contributed by atoms with Crippen LogP contribution in [0.2, 0.25) is 0 Å². The summed E-state index contributed by atoms with van der Waals surface area (Å²) in [6.07, 6.45) is -9.42. The summed E-state index contributed by atoms with van der Waals surface area (Å²) in [5.74, 6) is -2.38. The topological polar surface area (TPSA) is 155 Å². The Labute approximate surface area is 275 Å². The number of hydrogen-bond donors (Lipinski definition) is 2. The summed E-state index contributed by atoms with van der Waals surface area (Å²) in [4.78, 5) is 34.9. The van der Waals surface area contributed by atoms with Crippen LogP contribution < -0.4 is 11.1 Å². The van der Waals surface area contributed by atoms with Crippen molar-refractivity contribution in [2.75, 3.05) is 25.3 Å². The average molecular weight is 683 g/mol. The number of esters is 2. The Hall–Kier alpha value is -6.35. The molecule has 0 saturated heterocycles. The Morgan fingerprint density at radius 1 is 0.694 bits per heavy atom. The smallest absolute Gasteiger partial charge is 0.417 e. The SMILES string of the molecule is COC(=O)c1cc(-c2cccc(C#N)c2)c(C(F)(F)F)cc1N.COC(=O)c1cc(-c2cccc(C#N)c2)c(C(F)(F)F)cc1NC(C)=O. The molecule has 0 bridgehead atoms. The number of nitrogens with two attached hydrogens (primary N) is 1. The van der Waals surface area contributed by atoms with Crippen LogP contribution in [0.5, 0.6) is 0 Å². The highest BCUT2D eigenvalue weighted by Crippen LogP contribution is 2.41. The minimum absolute atomic E-state index is 0.107. The number of anilines is 2. The minimum atomic E-state index is -4.75. The summed E-state index contributed by atoms with van der Waals surface area (Å²) in [5, 5.41) is 20.1. The van der Waals surface area contributed by atoms with E-state index in [1.807, 2.05) is 12.1 Å². The number of halogens is 6. The number of nitrogens with one attached hydrogen (secondary N) is 1. The fraction of sp³-hybridized carbons (Fsp3) is 0.147. The molecular formula is C34H24F6N4O5. The van der Waals surface area contributed by atoms with Crippen LogP contribution in [0.4, 0.5) is 37.7 Å². The lowest BCUT2D eigenvalue weighted by atomic mass is 9.94. The molecule has 0 fully saturated rings. The van der Waals surface area contributed by atoms with Crippen molar-refractivity contribution >= 4 is 29.2 Å². The third kappa shape index (κ3) is 8.93. The van der Waals surface area contributed by atoms with E-state index in [9.17, 15) is 40.7 Å². The fourth-order valence-corrected chi connectivity index (χ4v) is 4.53. The average Bonchev–Trinajstić information content (AvgIpc) is 3.06. The highest BCUT2D eigenvalue weighted by molar-refractivity contribution is 6.02. The molecule has 1 amide bonds. The maximum Gasteiger partial charge on any atom is 0.417 e. The third-order valence-corrected chi connectivity index (χ3v) is 6.68. The number of ether oxygens (including phenoxy) is 2. The number of carbonyl (C=O) groups excluding carboxylic acids is 3. The molecule has 4 aromatic carbocycles. The fourth-order valence-electron chi connectivity index (χ4n) is 4.53. The first kappa shape index (κ1) is 37.1. The summed E-state index contributed by atoms with van der Waals surface area (Å²) in [6.45, 7) is 1.11. The van der Waals surface area contributed by atoms with E-state index >= 15 is 0 Å². The second-order valence-corrected chi connectivity index (χ2v) is 9.97. The summed E-state index contributed by atoms with van der Waals surface area (Å²) in [5.41, 5.74) is 2.55. The molecule has 0 spiro atoms. The molecule has 0 unspecified atom stereocenters. The lowest BCUT2D eigenvalue weighted by Crippen LogP contribution is -2.16. The summed E-state index contributed by atoms with van der Waals surface area (Å²) >= 11 is 0. The predicted molar refractivity (Wildman–Crippen MR) is 165 cm³/mol.